The van der Waals surface area contributed by atoms with Crippen LogP contribution >= 0.6 is 47.9 Å². The highest BCUT2D eigenvalue weighted by molar-refractivity contribution is 7.99. The van der Waals surface area contributed by atoms with Gasteiger partial charge in [-0.3, -0.25) is 4.79 Å². The number of hydrogen-bond donors (Lipinski definition) is 2. The average molecular weight is 386 g/mol. The highest BCUT2D eigenvalue weighted by atomic mass is 35.5. The van der Waals surface area contributed by atoms with Crippen LogP contribution in [0.4, 0.5) is 0 Å². The number of rotatable bonds is 6. The fourth-order valence-corrected chi connectivity index (χ4v) is 3.90. The molecule has 22 heavy (non-hydrogen) atoms. The highest BCUT2D eigenvalue weighted by Crippen LogP contribution is 2.19. The van der Waals surface area contributed by atoms with Gasteiger partial charge < -0.3 is 10.6 Å². The van der Waals surface area contributed by atoms with E-state index < -0.39 is 0 Å². The van der Waals surface area contributed by atoms with Gasteiger partial charge in [-0.25, -0.2) is 4.98 Å². The zero-order valence-corrected chi connectivity index (χ0v) is 16.2. The fourth-order valence-electron chi connectivity index (χ4n) is 2.08. The lowest BCUT2D eigenvalue weighted by molar-refractivity contribution is -0.121. The van der Waals surface area contributed by atoms with Crippen molar-refractivity contribution in [3.05, 3.63) is 16.1 Å². The maximum Gasteiger partial charge on any atom is 0.221 e. The lowest BCUT2D eigenvalue weighted by atomic mass is 10.2. The third-order valence-corrected chi connectivity index (χ3v) is 5.52. The summed E-state index contributed by atoms with van der Waals surface area (Å²) in [6, 6.07) is 0.334. The van der Waals surface area contributed by atoms with Gasteiger partial charge in [0.2, 0.25) is 5.91 Å². The number of aromatic nitrogens is 1. The summed E-state index contributed by atoms with van der Waals surface area (Å²) in [7, 11) is 0. The SMILES string of the molecule is CC(C)c1nc(CCNC(=O)CC2CSCCN2)cs1.Cl.Cl. The normalized spacial score (nSPS) is 17.5. The lowest BCUT2D eigenvalue weighted by Gasteiger charge is -2.22. The monoisotopic (exact) mass is 385 g/mol. The Morgan fingerprint density at radius 3 is 2.86 bits per heavy atom. The number of thiazole rings is 1. The first-order valence-corrected chi connectivity index (χ1v) is 9.20. The largest absolute Gasteiger partial charge is 0.356 e. The molecule has 4 nitrogen and oxygen atoms in total. The second-order valence-electron chi connectivity index (χ2n) is 5.36. The van der Waals surface area contributed by atoms with Crippen LogP contribution in [-0.4, -0.2) is 41.5 Å². The molecule has 2 rings (SSSR count). The summed E-state index contributed by atoms with van der Waals surface area (Å²) in [6.07, 6.45) is 1.41. The first-order chi connectivity index (χ1) is 9.65. The van der Waals surface area contributed by atoms with Crippen LogP contribution in [0.3, 0.4) is 0 Å². The van der Waals surface area contributed by atoms with Gasteiger partial charge in [0.05, 0.1) is 10.7 Å². The Balaban J connectivity index is 0.00000220. The van der Waals surface area contributed by atoms with E-state index >= 15 is 0 Å². The van der Waals surface area contributed by atoms with E-state index in [9.17, 15) is 4.79 Å². The van der Waals surface area contributed by atoms with Crippen molar-refractivity contribution in [1.82, 2.24) is 15.6 Å². The third-order valence-electron chi connectivity index (χ3n) is 3.20. The Labute approximate surface area is 153 Å². The average Bonchev–Trinajstić information content (AvgIpc) is 2.89. The van der Waals surface area contributed by atoms with E-state index in [0.717, 1.165) is 30.2 Å². The van der Waals surface area contributed by atoms with Crippen molar-refractivity contribution in [2.24, 2.45) is 0 Å². The van der Waals surface area contributed by atoms with Crippen LogP contribution in [0.2, 0.25) is 0 Å². The van der Waals surface area contributed by atoms with Crippen molar-refractivity contribution in [3.8, 4) is 0 Å². The van der Waals surface area contributed by atoms with Gasteiger partial charge in [-0.2, -0.15) is 11.8 Å². The van der Waals surface area contributed by atoms with Crippen molar-refractivity contribution in [2.45, 2.75) is 38.6 Å². The Bertz CT molecular complexity index is 437. The molecule has 8 heteroatoms. The maximum absolute atomic E-state index is 11.8. The zero-order chi connectivity index (χ0) is 14.4. The molecular formula is C14H25Cl2N3OS2. The number of nitrogens with one attached hydrogen (secondary N) is 2. The molecule has 1 aliphatic heterocycles. The minimum atomic E-state index is 0. The predicted molar refractivity (Wildman–Crippen MR) is 101 cm³/mol. The molecule has 1 unspecified atom stereocenters. The second-order valence-corrected chi connectivity index (χ2v) is 7.40. The fraction of sp³-hybridized carbons (Fsp3) is 0.714. The molecule has 0 saturated carbocycles. The summed E-state index contributed by atoms with van der Waals surface area (Å²) in [4.78, 5) is 16.4. The Morgan fingerprint density at radius 1 is 1.50 bits per heavy atom. The first kappa shape index (κ1) is 22.0. The summed E-state index contributed by atoms with van der Waals surface area (Å²) >= 11 is 3.63. The van der Waals surface area contributed by atoms with E-state index in [-0.39, 0.29) is 30.7 Å². The molecule has 1 atom stereocenters. The molecule has 2 N–H and O–H groups in total. The molecule has 0 spiro atoms. The molecule has 1 amide bonds. The van der Waals surface area contributed by atoms with Crippen LogP contribution in [0.5, 0.6) is 0 Å². The third kappa shape index (κ3) is 7.51. The number of halogens is 2. The molecule has 1 saturated heterocycles. The van der Waals surface area contributed by atoms with Crippen molar-refractivity contribution in [1.29, 1.82) is 0 Å². The van der Waals surface area contributed by atoms with E-state index in [1.54, 1.807) is 11.3 Å². The summed E-state index contributed by atoms with van der Waals surface area (Å²) in [5.74, 6) is 2.82. The molecule has 0 bridgehead atoms. The topological polar surface area (TPSA) is 54.0 Å². The van der Waals surface area contributed by atoms with Crippen molar-refractivity contribution < 1.29 is 4.79 Å². The molecule has 128 valence electrons. The van der Waals surface area contributed by atoms with Crippen molar-refractivity contribution in [2.75, 3.05) is 24.6 Å². The van der Waals surface area contributed by atoms with Gasteiger partial charge in [-0.05, 0) is 0 Å². The molecule has 0 aliphatic carbocycles. The summed E-state index contributed by atoms with van der Waals surface area (Å²) in [6.45, 7) is 6.00. The molecule has 2 heterocycles. The van der Waals surface area contributed by atoms with Crippen molar-refractivity contribution in [3.63, 3.8) is 0 Å². The van der Waals surface area contributed by atoms with E-state index in [2.05, 4.69) is 34.8 Å². The number of hydrogen-bond acceptors (Lipinski definition) is 5. The van der Waals surface area contributed by atoms with Gasteiger partial charge in [0.1, 0.15) is 0 Å². The summed E-state index contributed by atoms with van der Waals surface area (Å²) in [5, 5.41) is 9.65. The van der Waals surface area contributed by atoms with E-state index in [1.807, 2.05) is 11.8 Å². The number of thioether (sulfide) groups is 1. The Hall–Kier alpha value is -0.0100. The van der Waals surface area contributed by atoms with Gasteiger partial charge in [0, 0.05) is 54.8 Å². The van der Waals surface area contributed by atoms with Gasteiger partial charge in [0.15, 0.2) is 0 Å². The van der Waals surface area contributed by atoms with Crippen LogP contribution in [-0.2, 0) is 11.2 Å². The van der Waals surface area contributed by atoms with Gasteiger partial charge in [-0.1, -0.05) is 13.8 Å². The Morgan fingerprint density at radius 2 is 2.27 bits per heavy atom. The van der Waals surface area contributed by atoms with Crippen LogP contribution in [0.25, 0.3) is 0 Å². The van der Waals surface area contributed by atoms with E-state index in [1.165, 1.54) is 5.01 Å². The lowest BCUT2D eigenvalue weighted by Crippen LogP contribution is -2.41. The number of carbonyl (C=O) groups is 1. The number of carbonyl (C=O) groups excluding carboxylic acids is 1. The maximum atomic E-state index is 11.8. The van der Waals surface area contributed by atoms with Gasteiger partial charge in [0.25, 0.3) is 0 Å². The predicted octanol–water partition coefficient (Wildman–Crippen LogP) is 2.86. The quantitative estimate of drug-likeness (QED) is 0.790. The molecule has 0 radical (unpaired) electrons. The molecule has 1 fully saturated rings. The van der Waals surface area contributed by atoms with Crippen LogP contribution in [0, 0.1) is 0 Å². The molecule has 1 aromatic heterocycles. The van der Waals surface area contributed by atoms with E-state index in [4.69, 9.17) is 0 Å². The summed E-state index contributed by atoms with van der Waals surface area (Å²) in [5.41, 5.74) is 1.09. The van der Waals surface area contributed by atoms with Crippen LogP contribution < -0.4 is 10.6 Å². The summed E-state index contributed by atoms with van der Waals surface area (Å²) < 4.78 is 0. The standard InChI is InChI=1S/C14H23N3OS2.2ClH/c1-10(2)14-17-11(9-20-14)3-4-16-13(18)7-12-8-19-6-5-15-12;;/h9-10,12,15H,3-8H2,1-2H3,(H,16,18);2*1H. The van der Waals surface area contributed by atoms with Gasteiger partial charge >= 0.3 is 0 Å². The first-order valence-electron chi connectivity index (χ1n) is 7.17. The molecule has 1 aliphatic rings. The minimum Gasteiger partial charge on any atom is -0.356 e. The smallest absolute Gasteiger partial charge is 0.221 e. The Kier molecular flexibility index (Phi) is 11.5. The zero-order valence-electron chi connectivity index (χ0n) is 13.0. The highest BCUT2D eigenvalue weighted by Gasteiger charge is 2.16. The van der Waals surface area contributed by atoms with Crippen molar-refractivity contribution >= 4 is 53.8 Å². The number of nitrogens with zero attached hydrogens (tertiary/aromatic N) is 1. The molecule has 1 aromatic rings. The van der Waals surface area contributed by atoms with Crippen LogP contribution in [0.1, 0.15) is 36.9 Å². The van der Waals surface area contributed by atoms with Gasteiger partial charge in [-0.15, -0.1) is 36.2 Å². The molecule has 0 aromatic carbocycles. The second kappa shape index (κ2) is 11.5. The molecular weight excluding hydrogens is 361 g/mol. The minimum absolute atomic E-state index is 0. The number of amides is 1. The van der Waals surface area contributed by atoms with Crippen LogP contribution in [0.15, 0.2) is 5.38 Å². The van der Waals surface area contributed by atoms with E-state index in [0.29, 0.717) is 24.9 Å².